The van der Waals surface area contributed by atoms with Crippen molar-refractivity contribution in [3.05, 3.63) is 0 Å². The fourth-order valence-corrected chi connectivity index (χ4v) is 2.01. The average Bonchev–Trinajstić information content (AvgIpc) is 2.07. The van der Waals surface area contributed by atoms with Gasteiger partial charge in [-0.3, -0.25) is 0 Å². The highest BCUT2D eigenvalue weighted by molar-refractivity contribution is 4.90. The number of hydrogen-bond acceptors (Lipinski definition) is 1. The molecule has 1 N–H and O–H groups in total. The van der Waals surface area contributed by atoms with Crippen molar-refractivity contribution in [2.24, 2.45) is 11.8 Å². The van der Waals surface area contributed by atoms with Crippen LogP contribution in [0.4, 0.5) is 0 Å². The van der Waals surface area contributed by atoms with Crippen molar-refractivity contribution >= 4 is 0 Å². The third-order valence-electron chi connectivity index (χ3n) is 2.92. The first-order valence-electron chi connectivity index (χ1n) is 4.91. The quantitative estimate of drug-likeness (QED) is 0.617. The smallest absolute Gasteiger partial charge is 0.0576 e. The molecule has 0 saturated heterocycles. The van der Waals surface area contributed by atoms with Crippen molar-refractivity contribution < 1.29 is 0 Å². The van der Waals surface area contributed by atoms with Crippen molar-refractivity contribution in [3.63, 3.8) is 0 Å². The first-order chi connectivity index (χ1) is 5.74. The van der Waals surface area contributed by atoms with Gasteiger partial charge in [0, 0.05) is 6.04 Å². The maximum Gasteiger partial charge on any atom is 0.0576 e. The maximum absolute atomic E-state index is 5.21. The second kappa shape index (κ2) is 4.52. The van der Waals surface area contributed by atoms with Crippen LogP contribution in [-0.2, 0) is 0 Å². The molecule has 0 spiro atoms. The van der Waals surface area contributed by atoms with Gasteiger partial charge >= 0.3 is 0 Å². The van der Waals surface area contributed by atoms with E-state index in [-0.39, 0.29) is 0 Å². The Morgan fingerprint density at radius 1 is 1.42 bits per heavy atom. The molecule has 1 aliphatic carbocycles. The van der Waals surface area contributed by atoms with E-state index in [9.17, 15) is 0 Å². The third-order valence-corrected chi connectivity index (χ3v) is 2.92. The molecular formula is C11H19N. The summed E-state index contributed by atoms with van der Waals surface area (Å²) in [7, 11) is 0. The van der Waals surface area contributed by atoms with E-state index >= 15 is 0 Å². The lowest BCUT2D eigenvalue weighted by molar-refractivity contribution is 0.234. The SMILES string of the molecule is C#CCNC1CC(C)CCC1C. The van der Waals surface area contributed by atoms with Gasteiger partial charge in [0.2, 0.25) is 0 Å². The summed E-state index contributed by atoms with van der Waals surface area (Å²) in [5, 5.41) is 3.42. The molecule has 1 fully saturated rings. The second-order valence-electron chi connectivity index (χ2n) is 4.09. The molecule has 12 heavy (non-hydrogen) atoms. The second-order valence-corrected chi connectivity index (χ2v) is 4.09. The minimum atomic E-state index is 0.657. The third kappa shape index (κ3) is 2.53. The zero-order valence-electron chi connectivity index (χ0n) is 8.14. The lowest BCUT2D eigenvalue weighted by atomic mass is 9.80. The summed E-state index contributed by atoms with van der Waals surface area (Å²) >= 11 is 0. The van der Waals surface area contributed by atoms with Crippen molar-refractivity contribution in [1.82, 2.24) is 5.32 Å². The molecule has 0 radical (unpaired) electrons. The van der Waals surface area contributed by atoms with Gasteiger partial charge in [-0.15, -0.1) is 6.42 Å². The van der Waals surface area contributed by atoms with Crippen LogP contribution in [0.3, 0.4) is 0 Å². The van der Waals surface area contributed by atoms with Gasteiger partial charge in [0.1, 0.15) is 0 Å². The molecule has 0 aliphatic heterocycles. The Balaban J connectivity index is 2.34. The Labute approximate surface area is 75.9 Å². The Morgan fingerprint density at radius 3 is 2.83 bits per heavy atom. The number of hydrogen-bond donors (Lipinski definition) is 1. The molecule has 0 amide bonds. The van der Waals surface area contributed by atoms with Crippen molar-refractivity contribution in [3.8, 4) is 12.3 Å². The number of nitrogens with one attached hydrogen (secondary N) is 1. The minimum absolute atomic E-state index is 0.657. The van der Waals surface area contributed by atoms with Gasteiger partial charge in [0.25, 0.3) is 0 Å². The monoisotopic (exact) mass is 165 g/mol. The van der Waals surface area contributed by atoms with E-state index < -0.39 is 0 Å². The highest BCUT2D eigenvalue weighted by atomic mass is 14.9. The average molecular weight is 165 g/mol. The lowest BCUT2D eigenvalue weighted by Gasteiger charge is -2.32. The molecule has 0 heterocycles. The van der Waals surface area contributed by atoms with E-state index in [0.717, 1.165) is 18.4 Å². The first-order valence-corrected chi connectivity index (χ1v) is 4.91. The topological polar surface area (TPSA) is 12.0 Å². The van der Waals surface area contributed by atoms with E-state index in [0.29, 0.717) is 6.04 Å². The van der Waals surface area contributed by atoms with Crippen LogP contribution in [-0.4, -0.2) is 12.6 Å². The van der Waals surface area contributed by atoms with E-state index in [2.05, 4.69) is 25.1 Å². The standard InChI is InChI=1S/C11H19N/c1-4-7-12-11-8-9(2)5-6-10(11)3/h1,9-12H,5-8H2,2-3H3. The van der Waals surface area contributed by atoms with Crippen LogP contribution in [0.15, 0.2) is 0 Å². The van der Waals surface area contributed by atoms with Crippen molar-refractivity contribution in [2.75, 3.05) is 6.54 Å². The van der Waals surface area contributed by atoms with Crippen LogP contribution in [0.25, 0.3) is 0 Å². The van der Waals surface area contributed by atoms with Crippen LogP contribution in [0, 0.1) is 24.2 Å². The molecule has 1 aliphatic rings. The first kappa shape index (κ1) is 9.61. The predicted octanol–water partition coefficient (Wildman–Crippen LogP) is 2.03. The summed E-state index contributed by atoms with van der Waals surface area (Å²) in [4.78, 5) is 0. The highest BCUT2D eigenvalue weighted by Crippen LogP contribution is 2.28. The van der Waals surface area contributed by atoms with Gasteiger partial charge in [-0.1, -0.05) is 26.2 Å². The molecule has 1 rings (SSSR count). The molecular weight excluding hydrogens is 146 g/mol. The van der Waals surface area contributed by atoms with Gasteiger partial charge in [-0.25, -0.2) is 0 Å². The molecule has 3 unspecified atom stereocenters. The van der Waals surface area contributed by atoms with E-state index in [4.69, 9.17) is 6.42 Å². The Bertz CT molecular complexity index is 168. The Kier molecular flexibility index (Phi) is 3.62. The fraction of sp³-hybridized carbons (Fsp3) is 0.818. The van der Waals surface area contributed by atoms with Gasteiger partial charge in [0.15, 0.2) is 0 Å². The number of rotatable bonds is 2. The fourth-order valence-electron chi connectivity index (χ4n) is 2.01. The molecule has 0 aromatic heterocycles. The van der Waals surface area contributed by atoms with Gasteiger partial charge in [0.05, 0.1) is 6.54 Å². The van der Waals surface area contributed by atoms with Gasteiger partial charge in [-0.05, 0) is 24.7 Å². The Hall–Kier alpha value is -0.480. The molecule has 1 saturated carbocycles. The van der Waals surface area contributed by atoms with Crippen molar-refractivity contribution in [2.45, 2.75) is 39.2 Å². The van der Waals surface area contributed by atoms with E-state index in [1.807, 2.05) is 0 Å². The largest absolute Gasteiger partial charge is 0.303 e. The van der Waals surface area contributed by atoms with Gasteiger partial charge in [-0.2, -0.15) is 0 Å². The summed E-state index contributed by atoms with van der Waals surface area (Å²) in [6.07, 6.45) is 9.24. The molecule has 3 atom stereocenters. The zero-order valence-corrected chi connectivity index (χ0v) is 8.14. The Morgan fingerprint density at radius 2 is 2.17 bits per heavy atom. The molecule has 1 heteroatoms. The summed E-state index contributed by atoms with van der Waals surface area (Å²) in [6, 6.07) is 0.657. The summed E-state index contributed by atoms with van der Waals surface area (Å²) < 4.78 is 0. The van der Waals surface area contributed by atoms with E-state index in [1.54, 1.807) is 0 Å². The van der Waals surface area contributed by atoms with Gasteiger partial charge < -0.3 is 5.32 Å². The summed E-state index contributed by atoms with van der Waals surface area (Å²) in [5.41, 5.74) is 0. The van der Waals surface area contributed by atoms with Crippen LogP contribution >= 0.6 is 0 Å². The summed E-state index contributed by atoms with van der Waals surface area (Å²) in [6.45, 7) is 5.37. The maximum atomic E-state index is 5.21. The normalized spacial score (nSPS) is 35.9. The van der Waals surface area contributed by atoms with Crippen LogP contribution in [0.1, 0.15) is 33.1 Å². The molecule has 68 valence electrons. The van der Waals surface area contributed by atoms with Crippen LogP contribution in [0.5, 0.6) is 0 Å². The molecule has 1 nitrogen and oxygen atoms in total. The molecule has 0 bridgehead atoms. The van der Waals surface area contributed by atoms with Crippen LogP contribution < -0.4 is 5.32 Å². The summed E-state index contributed by atoms with van der Waals surface area (Å²) in [5.74, 6) is 4.31. The highest BCUT2D eigenvalue weighted by Gasteiger charge is 2.24. The van der Waals surface area contributed by atoms with Crippen molar-refractivity contribution in [1.29, 1.82) is 0 Å². The molecule has 0 aromatic carbocycles. The predicted molar refractivity (Wildman–Crippen MR) is 52.8 cm³/mol. The lowest BCUT2D eigenvalue weighted by Crippen LogP contribution is -2.39. The minimum Gasteiger partial charge on any atom is -0.303 e. The zero-order chi connectivity index (χ0) is 8.97. The number of terminal acetylenes is 1. The molecule has 0 aromatic rings. The van der Waals surface area contributed by atoms with Crippen LogP contribution in [0.2, 0.25) is 0 Å². The van der Waals surface area contributed by atoms with E-state index in [1.165, 1.54) is 19.3 Å².